The number of aromatic nitrogens is 3. The number of hydrogen-bond acceptors (Lipinski definition) is 5. The Labute approximate surface area is 169 Å². The second kappa shape index (κ2) is 10.6. The van der Waals surface area contributed by atoms with Crippen LogP contribution in [0.3, 0.4) is 0 Å². The first kappa shape index (κ1) is 20.1. The number of thioether (sulfide) groups is 1. The van der Waals surface area contributed by atoms with Crippen molar-refractivity contribution in [2.45, 2.75) is 18.0 Å². The molecule has 0 aliphatic heterocycles. The molecule has 28 heavy (non-hydrogen) atoms. The molecule has 0 saturated carbocycles. The van der Waals surface area contributed by atoms with E-state index in [0.717, 1.165) is 34.4 Å². The summed E-state index contributed by atoms with van der Waals surface area (Å²) in [6.07, 6.45) is 1.26. The molecule has 2 aromatic carbocycles. The van der Waals surface area contributed by atoms with Crippen molar-refractivity contribution in [1.82, 2.24) is 20.1 Å². The Morgan fingerprint density at radius 3 is 2.50 bits per heavy atom. The first-order valence-corrected chi connectivity index (χ1v) is 10.2. The molecule has 1 N–H and O–H groups in total. The summed E-state index contributed by atoms with van der Waals surface area (Å²) in [5, 5.41) is 12.5. The van der Waals surface area contributed by atoms with Crippen LogP contribution in [0.4, 0.5) is 0 Å². The van der Waals surface area contributed by atoms with Crippen molar-refractivity contribution in [3.05, 3.63) is 60.7 Å². The molecule has 1 amide bonds. The summed E-state index contributed by atoms with van der Waals surface area (Å²) in [6.45, 7) is 1.08. The van der Waals surface area contributed by atoms with Crippen molar-refractivity contribution in [2.24, 2.45) is 0 Å². The molecule has 0 saturated heterocycles. The SMILES string of the molecule is COCCNC(=O)CCCSc1nnc(-c2ccccc2)n1-c1ccccc1. The molecule has 0 fully saturated rings. The third kappa shape index (κ3) is 5.43. The van der Waals surface area contributed by atoms with Gasteiger partial charge < -0.3 is 10.1 Å². The van der Waals surface area contributed by atoms with E-state index in [0.29, 0.717) is 19.6 Å². The van der Waals surface area contributed by atoms with Gasteiger partial charge in [0.15, 0.2) is 11.0 Å². The quantitative estimate of drug-likeness (QED) is 0.419. The summed E-state index contributed by atoms with van der Waals surface area (Å²) in [6, 6.07) is 20.1. The third-order valence-corrected chi connectivity index (χ3v) is 5.10. The maximum absolute atomic E-state index is 11.8. The van der Waals surface area contributed by atoms with Crippen LogP contribution < -0.4 is 5.32 Å². The highest BCUT2D eigenvalue weighted by atomic mass is 32.2. The van der Waals surface area contributed by atoms with Crippen molar-refractivity contribution in [3.8, 4) is 17.1 Å². The van der Waals surface area contributed by atoms with Crippen LogP contribution >= 0.6 is 11.8 Å². The Balaban J connectivity index is 1.68. The number of amides is 1. The molecule has 0 aliphatic carbocycles. The molecular formula is C21H24N4O2S. The number of para-hydroxylation sites is 1. The number of ether oxygens (including phenoxy) is 1. The molecular weight excluding hydrogens is 372 g/mol. The lowest BCUT2D eigenvalue weighted by molar-refractivity contribution is -0.121. The van der Waals surface area contributed by atoms with Gasteiger partial charge in [0.05, 0.1) is 6.61 Å². The molecule has 0 bridgehead atoms. The summed E-state index contributed by atoms with van der Waals surface area (Å²) in [4.78, 5) is 11.8. The van der Waals surface area contributed by atoms with Gasteiger partial charge in [0.2, 0.25) is 5.91 Å². The van der Waals surface area contributed by atoms with Crippen molar-refractivity contribution >= 4 is 17.7 Å². The zero-order valence-electron chi connectivity index (χ0n) is 15.9. The Bertz CT molecular complexity index is 869. The van der Waals surface area contributed by atoms with Gasteiger partial charge in [0, 0.05) is 37.1 Å². The topological polar surface area (TPSA) is 69.0 Å². The van der Waals surface area contributed by atoms with Crippen LogP contribution in [0, 0.1) is 0 Å². The second-order valence-electron chi connectivity index (χ2n) is 6.14. The van der Waals surface area contributed by atoms with E-state index in [2.05, 4.69) is 20.1 Å². The van der Waals surface area contributed by atoms with Gasteiger partial charge in [-0.2, -0.15) is 0 Å². The molecule has 0 radical (unpaired) electrons. The van der Waals surface area contributed by atoms with Crippen LogP contribution in [-0.4, -0.2) is 46.7 Å². The first-order valence-electron chi connectivity index (χ1n) is 9.24. The van der Waals surface area contributed by atoms with Crippen molar-refractivity contribution in [3.63, 3.8) is 0 Å². The monoisotopic (exact) mass is 396 g/mol. The van der Waals surface area contributed by atoms with Crippen molar-refractivity contribution in [2.75, 3.05) is 26.0 Å². The molecule has 0 spiro atoms. The minimum absolute atomic E-state index is 0.0483. The first-order chi connectivity index (χ1) is 13.8. The number of rotatable bonds is 10. The van der Waals surface area contributed by atoms with Crippen LogP contribution in [0.15, 0.2) is 65.8 Å². The summed E-state index contributed by atoms with van der Waals surface area (Å²) < 4.78 is 7.00. The Morgan fingerprint density at radius 1 is 1.07 bits per heavy atom. The fraction of sp³-hybridized carbons (Fsp3) is 0.286. The minimum atomic E-state index is 0.0483. The average molecular weight is 397 g/mol. The Morgan fingerprint density at radius 2 is 1.79 bits per heavy atom. The van der Waals surface area contributed by atoms with Gasteiger partial charge in [-0.15, -0.1) is 10.2 Å². The lowest BCUT2D eigenvalue weighted by atomic mass is 10.2. The third-order valence-electron chi connectivity index (χ3n) is 4.09. The van der Waals surface area contributed by atoms with E-state index in [9.17, 15) is 4.79 Å². The van der Waals surface area contributed by atoms with Gasteiger partial charge >= 0.3 is 0 Å². The van der Waals surface area contributed by atoms with Crippen LogP contribution in [0.2, 0.25) is 0 Å². The largest absolute Gasteiger partial charge is 0.383 e. The van der Waals surface area contributed by atoms with Gasteiger partial charge in [-0.3, -0.25) is 9.36 Å². The molecule has 6 nitrogen and oxygen atoms in total. The maximum Gasteiger partial charge on any atom is 0.220 e. The summed E-state index contributed by atoms with van der Waals surface area (Å²) >= 11 is 1.61. The predicted molar refractivity (Wildman–Crippen MR) is 112 cm³/mol. The molecule has 3 rings (SSSR count). The van der Waals surface area contributed by atoms with E-state index < -0.39 is 0 Å². The highest BCUT2D eigenvalue weighted by Gasteiger charge is 2.15. The van der Waals surface area contributed by atoms with Crippen molar-refractivity contribution in [1.29, 1.82) is 0 Å². The number of benzene rings is 2. The van der Waals surface area contributed by atoms with Crippen LogP contribution in [0.25, 0.3) is 17.1 Å². The Kier molecular flexibility index (Phi) is 7.63. The minimum Gasteiger partial charge on any atom is -0.383 e. The number of carbonyl (C=O) groups excluding carboxylic acids is 1. The van der Waals surface area contributed by atoms with E-state index in [1.165, 1.54) is 0 Å². The molecule has 7 heteroatoms. The number of nitrogens with zero attached hydrogens (tertiary/aromatic N) is 3. The van der Waals surface area contributed by atoms with Gasteiger partial charge in [0.25, 0.3) is 0 Å². The molecule has 1 aromatic heterocycles. The van der Waals surface area contributed by atoms with E-state index in [-0.39, 0.29) is 5.91 Å². The zero-order valence-corrected chi connectivity index (χ0v) is 16.7. The predicted octanol–water partition coefficient (Wildman–Crippen LogP) is 3.57. The lowest BCUT2D eigenvalue weighted by Crippen LogP contribution is -2.26. The van der Waals surface area contributed by atoms with E-state index >= 15 is 0 Å². The number of carbonyl (C=O) groups is 1. The molecule has 0 unspecified atom stereocenters. The lowest BCUT2D eigenvalue weighted by Gasteiger charge is -2.10. The molecule has 146 valence electrons. The Hall–Kier alpha value is -2.64. The van der Waals surface area contributed by atoms with E-state index in [1.54, 1.807) is 18.9 Å². The smallest absolute Gasteiger partial charge is 0.220 e. The normalized spacial score (nSPS) is 10.8. The van der Waals surface area contributed by atoms with Crippen LogP contribution in [-0.2, 0) is 9.53 Å². The molecule has 0 aliphatic rings. The van der Waals surface area contributed by atoms with Crippen LogP contribution in [0.5, 0.6) is 0 Å². The van der Waals surface area contributed by atoms with Gasteiger partial charge in [-0.05, 0) is 18.6 Å². The molecule has 0 atom stereocenters. The van der Waals surface area contributed by atoms with Crippen LogP contribution in [0.1, 0.15) is 12.8 Å². The number of nitrogens with one attached hydrogen (secondary N) is 1. The average Bonchev–Trinajstić information content (AvgIpc) is 3.16. The zero-order chi connectivity index (χ0) is 19.6. The number of methoxy groups -OCH3 is 1. The standard InChI is InChI=1S/C21H24N4O2S/c1-27-15-14-22-19(26)13-8-16-28-21-24-23-20(17-9-4-2-5-10-17)25(21)18-11-6-3-7-12-18/h2-7,9-12H,8,13-16H2,1H3,(H,22,26). The fourth-order valence-electron chi connectivity index (χ4n) is 2.72. The highest BCUT2D eigenvalue weighted by Crippen LogP contribution is 2.28. The fourth-order valence-corrected chi connectivity index (χ4v) is 3.62. The molecule has 3 aromatic rings. The van der Waals surface area contributed by atoms with Gasteiger partial charge in [-0.25, -0.2) is 0 Å². The summed E-state index contributed by atoms with van der Waals surface area (Å²) in [5.74, 6) is 1.65. The summed E-state index contributed by atoms with van der Waals surface area (Å²) in [7, 11) is 1.62. The van der Waals surface area contributed by atoms with E-state index in [4.69, 9.17) is 4.74 Å². The maximum atomic E-state index is 11.8. The summed E-state index contributed by atoms with van der Waals surface area (Å²) in [5.41, 5.74) is 2.04. The number of hydrogen-bond donors (Lipinski definition) is 1. The van der Waals surface area contributed by atoms with Crippen molar-refractivity contribution < 1.29 is 9.53 Å². The van der Waals surface area contributed by atoms with E-state index in [1.807, 2.05) is 60.7 Å². The van der Waals surface area contributed by atoms with Gasteiger partial charge in [0.1, 0.15) is 0 Å². The van der Waals surface area contributed by atoms with Gasteiger partial charge in [-0.1, -0.05) is 60.3 Å². The second-order valence-corrected chi connectivity index (χ2v) is 7.20. The highest BCUT2D eigenvalue weighted by molar-refractivity contribution is 7.99. The molecule has 1 heterocycles.